The molecule has 4 aromatic rings. The number of hydrogen-bond donors (Lipinski definition) is 1. The topological polar surface area (TPSA) is 77.8 Å². The zero-order valence-electron chi connectivity index (χ0n) is 16.8. The second kappa shape index (κ2) is 8.65. The summed E-state index contributed by atoms with van der Waals surface area (Å²) in [5.41, 5.74) is 3.62. The van der Waals surface area contributed by atoms with Gasteiger partial charge in [-0.2, -0.15) is 5.10 Å². The van der Waals surface area contributed by atoms with E-state index in [0.29, 0.717) is 41.6 Å². The molecule has 0 spiro atoms. The number of hydrogen-bond acceptors (Lipinski definition) is 5. The normalized spacial score (nSPS) is 10.7. The monoisotopic (exact) mass is 402 g/mol. The zero-order valence-corrected chi connectivity index (χ0v) is 16.8. The Morgan fingerprint density at radius 2 is 1.90 bits per heavy atom. The minimum Gasteiger partial charge on any atom is -0.493 e. The number of amides is 1. The van der Waals surface area contributed by atoms with Crippen molar-refractivity contribution in [2.45, 2.75) is 20.1 Å². The Labute approximate surface area is 174 Å². The first-order chi connectivity index (χ1) is 14.7. The van der Waals surface area contributed by atoms with Crippen LogP contribution in [0.2, 0.25) is 0 Å². The van der Waals surface area contributed by atoms with Crippen LogP contribution < -0.4 is 14.8 Å². The molecule has 7 nitrogen and oxygen atoms in total. The van der Waals surface area contributed by atoms with E-state index in [1.807, 2.05) is 48.5 Å². The molecule has 4 rings (SSSR count). The third-order valence-corrected chi connectivity index (χ3v) is 4.72. The van der Waals surface area contributed by atoms with Gasteiger partial charge in [0, 0.05) is 18.9 Å². The summed E-state index contributed by atoms with van der Waals surface area (Å²) in [5, 5.41) is 7.26. The Bertz CT molecular complexity index is 1170. The van der Waals surface area contributed by atoms with Crippen molar-refractivity contribution < 1.29 is 14.3 Å². The number of nitrogens with one attached hydrogen (secondary N) is 1. The molecule has 0 saturated carbocycles. The number of carbonyl (C=O) groups is 1. The van der Waals surface area contributed by atoms with Gasteiger partial charge in [-0.05, 0) is 36.2 Å². The summed E-state index contributed by atoms with van der Waals surface area (Å²) in [4.78, 5) is 17.0. The Morgan fingerprint density at radius 3 is 2.70 bits per heavy atom. The first kappa shape index (κ1) is 19.4. The Hall–Kier alpha value is -3.87. The molecule has 0 aliphatic rings. The summed E-state index contributed by atoms with van der Waals surface area (Å²) in [5.74, 6) is 1.05. The number of ether oxygens (including phenoxy) is 2. The van der Waals surface area contributed by atoms with E-state index >= 15 is 0 Å². The largest absolute Gasteiger partial charge is 0.493 e. The van der Waals surface area contributed by atoms with Crippen LogP contribution in [-0.2, 0) is 13.2 Å². The fraction of sp³-hybridized carbons (Fsp3) is 0.174. The second-order valence-electron chi connectivity index (χ2n) is 6.79. The molecule has 0 aliphatic carbocycles. The number of carbonyl (C=O) groups excluding carboxylic acids is 1. The van der Waals surface area contributed by atoms with Crippen LogP contribution in [0, 0.1) is 6.92 Å². The van der Waals surface area contributed by atoms with Crippen molar-refractivity contribution in [3.63, 3.8) is 0 Å². The molecule has 0 fully saturated rings. The molecule has 2 aromatic carbocycles. The number of rotatable bonds is 7. The Balaban J connectivity index is 1.44. The van der Waals surface area contributed by atoms with Crippen LogP contribution >= 0.6 is 0 Å². The number of aromatic nitrogens is 3. The fourth-order valence-electron chi connectivity index (χ4n) is 3.21. The number of nitrogens with zero attached hydrogens (tertiary/aromatic N) is 3. The van der Waals surface area contributed by atoms with Gasteiger partial charge in [0.1, 0.15) is 12.2 Å². The third kappa shape index (κ3) is 4.10. The molecule has 1 amide bonds. The Kier molecular flexibility index (Phi) is 5.61. The quantitative estimate of drug-likeness (QED) is 0.511. The SMILES string of the molecule is COc1cc(CNC(=O)c2c(C)nn3cccnc23)ccc1OCc1ccccc1. The van der Waals surface area contributed by atoms with E-state index in [-0.39, 0.29) is 5.91 Å². The van der Waals surface area contributed by atoms with Crippen LogP contribution in [0.15, 0.2) is 67.0 Å². The van der Waals surface area contributed by atoms with Gasteiger partial charge in [0.05, 0.1) is 12.8 Å². The van der Waals surface area contributed by atoms with Crippen molar-refractivity contribution in [1.82, 2.24) is 19.9 Å². The van der Waals surface area contributed by atoms with Gasteiger partial charge in [-0.15, -0.1) is 0 Å². The maximum absolute atomic E-state index is 12.7. The van der Waals surface area contributed by atoms with Crippen molar-refractivity contribution >= 4 is 11.6 Å². The lowest BCUT2D eigenvalue weighted by Gasteiger charge is -2.13. The van der Waals surface area contributed by atoms with Crippen LogP contribution in [0.5, 0.6) is 11.5 Å². The minimum absolute atomic E-state index is 0.218. The van der Waals surface area contributed by atoms with Crippen LogP contribution in [0.4, 0.5) is 0 Å². The molecule has 0 bridgehead atoms. The third-order valence-electron chi connectivity index (χ3n) is 4.72. The molecule has 0 saturated heterocycles. The van der Waals surface area contributed by atoms with E-state index in [1.165, 1.54) is 0 Å². The second-order valence-corrected chi connectivity index (χ2v) is 6.79. The van der Waals surface area contributed by atoms with Crippen molar-refractivity contribution in [3.05, 3.63) is 89.4 Å². The van der Waals surface area contributed by atoms with Gasteiger partial charge < -0.3 is 14.8 Å². The first-order valence-electron chi connectivity index (χ1n) is 9.57. The summed E-state index contributed by atoms with van der Waals surface area (Å²) >= 11 is 0. The van der Waals surface area contributed by atoms with Crippen molar-refractivity contribution in [1.29, 1.82) is 0 Å². The van der Waals surface area contributed by atoms with Crippen LogP contribution in [0.1, 0.15) is 27.2 Å². The molecule has 0 aliphatic heterocycles. The van der Waals surface area contributed by atoms with E-state index in [4.69, 9.17) is 9.47 Å². The highest BCUT2D eigenvalue weighted by Gasteiger charge is 2.18. The summed E-state index contributed by atoms with van der Waals surface area (Å²) in [6, 6.07) is 17.3. The molecule has 0 unspecified atom stereocenters. The highest BCUT2D eigenvalue weighted by Crippen LogP contribution is 2.29. The van der Waals surface area contributed by atoms with Crippen LogP contribution in [0.25, 0.3) is 5.65 Å². The van der Waals surface area contributed by atoms with Gasteiger partial charge in [-0.3, -0.25) is 4.79 Å². The van der Waals surface area contributed by atoms with Crippen molar-refractivity contribution in [2.75, 3.05) is 7.11 Å². The van der Waals surface area contributed by atoms with Crippen molar-refractivity contribution in [3.8, 4) is 11.5 Å². The van der Waals surface area contributed by atoms with E-state index in [2.05, 4.69) is 15.4 Å². The number of fused-ring (bicyclic) bond motifs is 1. The van der Waals surface area contributed by atoms with Gasteiger partial charge in [0.2, 0.25) is 0 Å². The number of benzene rings is 2. The summed E-state index contributed by atoms with van der Waals surface area (Å²) < 4.78 is 13.0. The van der Waals surface area contributed by atoms with Crippen LogP contribution in [-0.4, -0.2) is 27.6 Å². The fourth-order valence-corrected chi connectivity index (χ4v) is 3.21. The first-order valence-corrected chi connectivity index (χ1v) is 9.57. The lowest BCUT2D eigenvalue weighted by molar-refractivity contribution is 0.0951. The molecular weight excluding hydrogens is 380 g/mol. The molecule has 0 radical (unpaired) electrons. The smallest absolute Gasteiger partial charge is 0.257 e. The highest BCUT2D eigenvalue weighted by molar-refractivity contribution is 6.00. The van der Waals surface area contributed by atoms with E-state index in [9.17, 15) is 4.79 Å². The molecule has 7 heteroatoms. The molecule has 2 aromatic heterocycles. The molecule has 1 N–H and O–H groups in total. The molecule has 30 heavy (non-hydrogen) atoms. The average Bonchev–Trinajstić information content (AvgIpc) is 3.12. The molecular formula is C23H22N4O3. The maximum Gasteiger partial charge on any atom is 0.257 e. The van der Waals surface area contributed by atoms with Gasteiger partial charge in [-0.1, -0.05) is 36.4 Å². The van der Waals surface area contributed by atoms with Gasteiger partial charge >= 0.3 is 0 Å². The van der Waals surface area contributed by atoms with Gasteiger partial charge in [0.15, 0.2) is 17.1 Å². The summed E-state index contributed by atoms with van der Waals surface area (Å²) in [7, 11) is 1.60. The molecule has 152 valence electrons. The number of aryl methyl sites for hydroxylation is 1. The van der Waals surface area contributed by atoms with E-state index < -0.39 is 0 Å². The van der Waals surface area contributed by atoms with E-state index in [1.54, 1.807) is 37.0 Å². The predicted molar refractivity (Wildman–Crippen MR) is 113 cm³/mol. The lowest BCUT2D eigenvalue weighted by Crippen LogP contribution is -2.23. The zero-order chi connectivity index (χ0) is 20.9. The standard InChI is InChI=1S/C23H22N4O3/c1-16-21(22-24-11-6-12-27(22)26-16)23(28)25-14-18-9-10-19(20(13-18)29-2)30-15-17-7-4-3-5-8-17/h3-13H,14-15H2,1-2H3,(H,25,28). The van der Waals surface area contributed by atoms with Gasteiger partial charge in [-0.25, -0.2) is 9.50 Å². The lowest BCUT2D eigenvalue weighted by atomic mass is 10.1. The van der Waals surface area contributed by atoms with Crippen LogP contribution in [0.3, 0.4) is 0 Å². The molecule has 0 atom stereocenters. The van der Waals surface area contributed by atoms with E-state index in [0.717, 1.165) is 11.1 Å². The number of methoxy groups -OCH3 is 1. The predicted octanol–water partition coefficient (Wildman–Crippen LogP) is 3.56. The maximum atomic E-state index is 12.7. The average molecular weight is 402 g/mol. The summed E-state index contributed by atoms with van der Waals surface area (Å²) in [6.07, 6.45) is 3.41. The van der Waals surface area contributed by atoms with Crippen molar-refractivity contribution in [2.24, 2.45) is 0 Å². The highest BCUT2D eigenvalue weighted by atomic mass is 16.5. The van der Waals surface area contributed by atoms with Gasteiger partial charge in [0.25, 0.3) is 5.91 Å². The minimum atomic E-state index is -0.218. The Morgan fingerprint density at radius 1 is 1.07 bits per heavy atom. The molecule has 2 heterocycles. The summed E-state index contributed by atoms with van der Waals surface area (Å²) in [6.45, 7) is 2.59.